The molecule has 0 atom stereocenters. The highest BCUT2D eigenvalue weighted by Gasteiger charge is 2.28. The van der Waals surface area contributed by atoms with Crippen molar-refractivity contribution in [1.82, 2.24) is 0 Å². The number of hydrogen-bond acceptors (Lipinski definition) is 4. The predicted molar refractivity (Wildman–Crippen MR) is 67.4 cm³/mol. The smallest absolute Gasteiger partial charge is 0.344 e. The largest absolute Gasteiger partial charge is 0.464 e. The quantitative estimate of drug-likeness (QED) is 0.513. The molecule has 6 nitrogen and oxygen atoms in total. The fourth-order valence-electron chi connectivity index (χ4n) is 1.73. The minimum Gasteiger partial charge on any atom is -0.464 e. The number of carbonyl (C=O) groups is 1. The van der Waals surface area contributed by atoms with E-state index in [9.17, 15) is 14.9 Å². The number of primary amides is 1. The summed E-state index contributed by atoms with van der Waals surface area (Å²) in [6.45, 7) is 0. The first kappa shape index (κ1) is 12.6. The lowest BCUT2D eigenvalue weighted by molar-refractivity contribution is -0.417. The molecule has 0 radical (unpaired) electrons. The van der Waals surface area contributed by atoms with E-state index >= 15 is 0 Å². The molecule has 0 aliphatic heterocycles. The molecule has 1 amide bonds. The van der Waals surface area contributed by atoms with Gasteiger partial charge in [0.05, 0.1) is 11.2 Å². The van der Waals surface area contributed by atoms with Gasteiger partial charge in [0.25, 0.3) is 0 Å². The number of hydrogen-bond donors (Lipinski definition) is 1. The number of carbonyl (C=O) groups excluding carboxylic acids is 1. The average molecular weight is 258 g/mol. The van der Waals surface area contributed by atoms with Crippen LogP contribution in [0, 0.1) is 10.1 Å². The molecule has 1 aromatic carbocycles. The second-order valence-corrected chi connectivity index (χ2v) is 3.69. The lowest BCUT2D eigenvalue weighted by atomic mass is 10.0. The Kier molecular flexibility index (Phi) is 3.42. The van der Waals surface area contributed by atoms with Crippen molar-refractivity contribution in [3.63, 3.8) is 0 Å². The number of nitrogens with two attached hydrogens (primary N) is 1. The third-order valence-corrected chi connectivity index (χ3v) is 2.48. The summed E-state index contributed by atoms with van der Waals surface area (Å²) in [4.78, 5) is 21.6. The van der Waals surface area contributed by atoms with E-state index in [0.29, 0.717) is 5.56 Å². The summed E-state index contributed by atoms with van der Waals surface area (Å²) in [5, 5.41) is 11.1. The van der Waals surface area contributed by atoms with Crippen molar-refractivity contribution in [3.8, 4) is 0 Å². The number of nitro groups is 1. The van der Waals surface area contributed by atoms with E-state index in [0.717, 1.165) is 0 Å². The monoisotopic (exact) mass is 258 g/mol. The third kappa shape index (κ3) is 2.52. The highest BCUT2D eigenvalue weighted by molar-refractivity contribution is 6.00. The van der Waals surface area contributed by atoms with Crippen LogP contribution in [0.25, 0.3) is 5.57 Å². The summed E-state index contributed by atoms with van der Waals surface area (Å²) in [6.07, 6.45) is 1.37. The SMILES string of the molecule is NC(=O)/C(=C(\c1ccccc1)c1ccco1)[N+](=O)[O-]. The number of rotatable bonds is 4. The Bertz CT molecular complexity index is 614. The molecule has 0 spiro atoms. The minimum absolute atomic E-state index is 0.0723. The Morgan fingerprint density at radius 3 is 2.32 bits per heavy atom. The summed E-state index contributed by atoms with van der Waals surface area (Å²) in [6, 6.07) is 11.6. The molecule has 96 valence electrons. The molecule has 1 heterocycles. The van der Waals surface area contributed by atoms with Gasteiger partial charge in [-0.2, -0.15) is 0 Å². The predicted octanol–water partition coefficient (Wildman–Crippen LogP) is 1.80. The van der Waals surface area contributed by atoms with Crippen molar-refractivity contribution in [1.29, 1.82) is 0 Å². The number of furan rings is 1. The summed E-state index contributed by atoms with van der Waals surface area (Å²) in [5.74, 6) is -0.892. The second kappa shape index (κ2) is 5.18. The van der Waals surface area contributed by atoms with E-state index in [4.69, 9.17) is 10.2 Å². The van der Waals surface area contributed by atoms with Crippen LogP contribution in [0.1, 0.15) is 11.3 Å². The molecular weight excluding hydrogens is 248 g/mol. The van der Waals surface area contributed by atoms with Crippen molar-refractivity contribution in [2.45, 2.75) is 0 Å². The van der Waals surface area contributed by atoms with Crippen molar-refractivity contribution in [3.05, 3.63) is 75.9 Å². The second-order valence-electron chi connectivity index (χ2n) is 3.69. The van der Waals surface area contributed by atoms with E-state index in [-0.39, 0.29) is 11.3 Å². The Labute approximate surface area is 108 Å². The fourth-order valence-corrected chi connectivity index (χ4v) is 1.73. The van der Waals surface area contributed by atoms with Gasteiger partial charge >= 0.3 is 11.6 Å². The Morgan fingerprint density at radius 1 is 1.16 bits per heavy atom. The van der Waals surface area contributed by atoms with Gasteiger partial charge in [0.2, 0.25) is 0 Å². The summed E-state index contributed by atoms with van der Waals surface area (Å²) >= 11 is 0. The van der Waals surface area contributed by atoms with E-state index in [1.165, 1.54) is 12.3 Å². The molecule has 19 heavy (non-hydrogen) atoms. The maximum absolute atomic E-state index is 11.3. The fraction of sp³-hybridized carbons (Fsp3) is 0. The Morgan fingerprint density at radius 2 is 1.84 bits per heavy atom. The lowest BCUT2D eigenvalue weighted by Crippen LogP contribution is -2.21. The molecule has 0 saturated heterocycles. The molecule has 2 aromatic rings. The average Bonchev–Trinajstić information content (AvgIpc) is 2.89. The van der Waals surface area contributed by atoms with Crippen molar-refractivity contribution < 1.29 is 14.1 Å². The number of benzene rings is 1. The van der Waals surface area contributed by atoms with Gasteiger partial charge in [-0.15, -0.1) is 0 Å². The zero-order chi connectivity index (χ0) is 13.8. The molecule has 0 fully saturated rings. The molecule has 1 aromatic heterocycles. The van der Waals surface area contributed by atoms with Crippen LogP contribution in [0.3, 0.4) is 0 Å². The standard InChI is InChI=1S/C13H10N2O4/c14-13(16)12(15(17)18)11(10-7-4-8-19-10)9-5-2-1-3-6-9/h1-8H,(H2,14,16)/b12-11-. The number of nitrogens with zero attached hydrogens (tertiary/aromatic N) is 1. The van der Waals surface area contributed by atoms with Crippen LogP contribution >= 0.6 is 0 Å². The molecule has 0 bridgehead atoms. The highest BCUT2D eigenvalue weighted by atomic mass is 16.6. The van der Waals surface area contributed by atoms with Crippen molar-refractivity contribution in [2.75, 3.05) is 0 Å². The molecule has 0 unspecified atom stereocenters. The molecule has 2 N–H and O–H groups in total. The maximum atomic E-state index is 11.3. The van der Waals surface area contributed by atoms with Gasteiger partial charge in [-0.1, -0.05) is 30.3 Å². The van der Waals surface area contributed by atoms with E-state index in [1.807, 2.05) is 0 Å². The van der Waals surface area contributed by atoms with Crippen LogP contribution in [-0.2, 0) is 4.79 Å². The van der Waals surface area contributed by atoms with Gasteiger partial charge in [-0.05, 0) is 17.7 Å². The Hall–Kier alpha value is -2.89. The van der Waals surface area contributed by atoms with Gasteiger partial charge in [0, 0.05) is 0 Å². The third-order valence-electron chi connectivity index (χ3n) is 2.48. The summed E-state index contributed by atoms with van der Waals surface area (Å²) < 4.78 is 5.16. The first-order valence-electron chi connectivity index (χ1n) is 5.39. The highest BCUT2D eigenvalue weighted by Crippen LogP contribution is 2.27. The zero-order valence-corrected chi connectivity index (χ0v) is 9.78. The van der Waals surface area contributed by atoms with E-state index in [1.54, 1.807) is 36.4 Å². The van der Waals surface area contributed by atoms with Crippen LogP contribution in [0.2, 0.25) is 0 Å². The lowest BCUT2D eigenvalue weighted by Gasteiger charge is -2.05. The topological polar surface area (TPSA) is 99.4 Å². The summed E-state index contributed by atoms with van der Waals surface area (Å²) in [5.41, 5.74) is 4.97. The number of amides is 1. The summed E-state index contributed by atoms with van der Waals surface area (Å²) in [7, 11) is 0. The van der Waals surface area contributed by atoms with Crippen LogP contribution in [0.5, 0.6) is 0 Å². The van der Waals surface area contributed by atoms with Crippen molar-refractivity contribution >= 4 is 11.5 Å². The molecular formula is C13H10N2O4. The molecule has 0 saturated carbocycles. The zero-order valence-electron chi connectivity index (χ0n) is 9.78. The minimum atomic E-state index is -1.11. The van der Waals surface area contributed by atoms with Gasteiger partial charge < -0.3 is 10.2 Å². The van der Waals surface area contributed by atoms with Crippen LogP contribution < -0.4 is 5.73 Å². The van der Waals surface area contributed by atoms with Gasteiger partial charge in [-0.25, -0.2) is 0 Å². The normalized spacial score (nSPS) is 11.8. The van der Waals surface area contributed by atoms with Gasteiger partial charge in [-0.3, -0.25) is 14.9 Å². The van der Waals surface area contributed by atoms with E-state index in [2.05, 4.69) is 0 Å². The molecule has 2 rings (SSSR count). The Balaban J connectivity index is 2.75. The first-order chi connectivity index (χ1) is 9.11. The van der Waals surface area contributed by atoms with Gasteiger partial charge in [0.1, 0.15) is 11.3 Å². The van der Waals surface area contributed by atoms with Gasteiger partial charge in [0.15, 0.2) is 0 Å². The maximum Gasteiger partial charge on any atom is 0.344 e. The molecule has 0 aliphatic carbocycles. The van der Waals surface area contributed by atoms with Crippen LogP contribution in [0.4, 0.5) is 0 Å². The van der Waals surface area contributed by atoms with Crippen LogP contribution in [-0.4, -0.2) is 10.8 Å². The van der Waals surface area contributed by atoms with Crippen LogP contribution in [0.15, 0.2) is 58.8 Å². The molecule has 6 heteroatoms. The van der Waals surface area contributed by atoms with E-state index < -0.39 is 16.5 Å². The van der Waals surface area contributed by atoms with Crippen molar-refractivity contribution in [2.24, 2.45) is 5.73 Å². The molecule has 0 aliphatic rings. The first-order valence-corrected chi connectivity index (χ1v) is 5.39.